The number of amides is 1. The number of piperazine rings is 1. The molecule has 1 amide bonds. The van der Waals surface area contributed by atoms with Crippen LogP contribution in [-0.4, -0.2) is 44.9 Å². The standard InChI is InChI=1S/C15H19N3O3S3/c1-11-10-18(6-5-16-11)15(19)14-13(4-8-23-14)24(20,21)17-9-12-3-2-7-22-12/h2-4,7-8,11,16-17H,5-6,9-10H2,1H3. The maximum absolute atomic E-state index is 12.7. The van der Waals surface area contributed by atoms with Crippen LogP contribution in [0.5, 0.6) is 0 Å². The Kier molecular flexibility index (Phi) is 5.36. The van der Waals surface area contributed by atoms with Gasteiger partial charge in [0, 0.05) is 37.1 Å². The lowest BCUT2D eigenvalue weighted by Gasteiger charge is -2.31. The molecule has 2 aromatic rings. The van der Waals surface area contributed by atoms with Gasteiger partial charge in [0.1, 0.15) is 9.77 Å². The van der Waals surface area contributed by atoms with E-state index < -0.39 is 10.0 Å². The second kappa shape index (κ2) is 7.32. The van der Waals surface area contributed by atoms with Crippen LogP contribution >= 0.6 is 22.7 Å². The minimum absolute atomic E-state index is 0.0697. The molecule has 0 aromatic carbocycles. The van der Waals surface area contributed by atoms with Gasteiger partial charge in [-0.1, -0.05) is 6.07 Å². The van der Waals surface area contributed by atoms with Crippen LogP contribution in [-0.2, 0) is 16.6 Å². The molecule has 1 atom stereocenters. The second-order valence-electron chi connectivity index (χ2n) is 5.62. The van der Waals surface area contributed by atoms with E-state index in [2.05, 4.69) is 10.0 Å². The smallest absolute Gasteiger partial charge is 0.265 e. The van der Waals surface area contributed by atoms with Crippen molar-refractivity contribution in [2.24, 2.45) is 0 Å². The number of nitrogens with one attached hydrogen (secondary N) is 2. The molecule has 2 N–H and O–H groups in total. The second-order valence-corrected chi connectivity index (χ2v) is 9.31. The number of sulfonamides is 1. The van der Waals surface area contributed by atoms with Crippen LogP contribution in [0.2, 0.25) is 0 Å². The first-order valence-corrected chi connectivity index (χ1v) is 10.8. The molecule has 0 bridgehead atoms. The summed E-state index contributed by atoms with van der Waals surface area (Å²) in [6, 6.07) is 5.45. The van der Waals surface area contributed by atoms with Crippen LogP contribution in [0, 0.1) is 0 Å². The Balaban J connectivity index is 1.77. The number of carbonyl (C=O) groups is 1. The van der Waals surface area contributed by atoms with E-state index in [4.69, 9.17) is 0 Å². The molecule has 1 aliphatic heterocycles. The summed E-state index contributed by atoms with van der Waals surface area (Å²) in [7, 11) is -3.72. The topological polar surface area (TPSA) is 78.5 Å². The normalized spacial score (nSPS) is 18.7. The lowest BCUT2D eigenvalue weighted by Crippen LogP contribution is -2.51. The molecule has 24 heavy (non-hydrogen) atoms. The van der Waals surface area contributed by atoms with Crippen molar-refractivity contribution in [3.05, 3.63) is 38.7 Å². The fraction of sp³-hybridized carbons (Fsp3) is 0.400. The summed E-state index contributed by atoms with van der Waals surface area (Å²) in [5.41, 5.74) is 0. The molecule has 1 aliphatic rings. The maximum Gasteiger partial charge on any atom is 0.265 e. The van der Waals surface area contributed by atoms with Crippen LogP contribution in [0.1, 0.15) is 21.5 Å². The lowest BCUT2D eigenvalue weighted by molar-refractivity contribution is 0.0710. The summed E-state index contributed by atoms with van der Waals surface area (Å²) in [5, 5.41) is 6.82. The number of hydrogen-bond acceptors (Lipinski definition) is 6. The van der Waals surface area contributed by atoms with E-state index in [1.807, 2.05) is 24.4 Å². The molecule has 2 aromatic heterocycles. The maximum atomic E-state index is 12.7. The van der Waals surface area contributed by atoms with Crippen LogP contribution in [0.3, 0.4) is 0 Å². The van der Waals surface area contributed by atoms with Gasteiger partial charge in [0.25, 0.3) is 5.91 Å². The van der Waals surface area contributed by atoms with E-state index in [0.29, 0.717) is 13.1 Å². The van der Waals surface area contributed by atoms with Crippen molar-refractivity contribution in [2.45, 2.75) is 24.4 Å². The highest BCUT2D eigenvalue weighted by atomic mass is 32.2. The number of nitrogens with zero attached hydrogens (tertiary/aromatic N) is 1. The molecule has 3 rings (SSSR count). The number of carbonyl (C=O) groups excluding carboxylic acids is 1. The molecule has 0 spiro atoms. The van der Waals surface area contributed by atoms with E-state index in [-0.39, 0.29) is 28.3 Å². The Morgan fingerprint density at radius 1 is 1.38 bits per heavy atom. The third-order valence-corrected chi connectivity index (χ3v) is 7.14. The number of rotatable bonds is 5. The SMILES string of the molecule is CC1CN(C(=O)c2sccc2S(=O)(=O)NCc2cccs2)CCN1. The van der Waals surface area contributed by atoms with Crippen molar-refractivity contribution in [3.8, 4) is 0 Å². The summed E-state index contributed by atoms with van der Waals surface area (Å²) >= 11 is 2.66. The van der Waals surface area contributed by atoms with Gasteiger partial charge in [0.05, 0.1) is 0 Å². The minimum Gasteiger partial charge on any atom is -0.335 e. The predicted molar refractivity (Wildman–Crippen MR) is 96.0 cm³/mol. The molecule has 1 saturated heterocycles. The van der Waals surface area contributed by atoms with Crippen molar-refractivity contribution in [2.75, 3.05) is 19.6 Å². The van der Waals surface area contributed by atoms with E-state index in [9.17, 15) is 13.2 Å². The molecule has 0 aliphatic carbocycles. The van der Waals surface area contributed by atoms with Gasteiger partial charge in [-0.15, -0.1) is 22.7 Å². The third-order valence-electron chi connectivity index (χ3n) is 3.79. The molecule has 130 valence electrons. The van der Waals surface area contributed by atoms with E-state index >= 15 is 0 Å². The highest BCUT2D eigenvalue weighted by Gasteiger charge is 2.29. The van der Waals surface area contributed by atoms with Crippen molar-refractivity contribution >= 4 is 38.6 Å². The van der Waals surface area contributed by atoms with Gasteiger partial charge in [-0.2, -0.15) is 0 Å². The van der Waals surface area contributed by atoms with Gasteiger partial charge in [-0.05, 0) is 29.8 Å². The number of hydrogen-bond donors (Lipinski definition) is 2. The first kappa shape index (κ1) is 17.6. The largest absolute Gasteiger partial charge is 0.335 e. The molecule has 0 saturated carbocycles. The van der Waals surface area contributed by atoms with E-state index in [1.54, 1.807) is 10.3 Å². The average molecular weight is 386 g/mol. The quantitative estimate of drug-likeness (QED) is 0.822. The fourth-order valence-electron chi connectivity index (χ4n) is 2.58. The molecule has 6 nitrogen and oxygen atoms in total. The van der Waals surface area contributed by atoms with Crippen LogP contribution in [0.4, 0.5) is 0 Å². The zero-order chi connectivity index (χ0) is 17.2. The van der Waals surface area contributed by atoms with Crippen molar-refractivity contribution < 1.29 is 13.2 Å². The van der Waals surface area contributed by atoms with E-state index in [0.717, 1.165) is 11.4 Å². The Hall–Kier alpha value is -1.26. The van der Waals surface area contributed by atoms with Crippen LogP contribution in [0.25, 0.3) is 0 Å². The van der Waals surface area contributed by atoms with Crippen molar-refractivity contribution in [1.82, 2.24) is 14.9 Å². The van der Waals surface area contributed by atoms with E-state index in [1.165, 1.54) is 28.7 Å². The monoisotopic (exact) mass is 385 g/mol. The van der Waals surface area contributed by atoms with Gasteiger partial charge in [-0.3, -0.25) is 4.79 Å². The Morgan fingerprint density at radius 3 is 2.92 bits per heavy atom. The molecular formula is C15H19N3O3S3. The van der Waals surface area contributed by atoms with Crippen LogP contribution in [0.15, 0.2) is 33.9 Å². The Labute approximate surface area is 149 Å². The molecule has 3 heterocycles. The Morgan fingerprint density at radius 2 is 2.21 bits per heavy atom. The third kappa shape index (κ3) is 3.86. The summed E-state index contributed by atoms with van der Waals surface area (Å²) in [5.74, 6) is -0.213. The lowest BCUT2D eigenvalue weighted by atomic mass is 10.2. The van der Waals surface area contributed by atoms with Crippen molar-refractivity contribution in [3.63, 3.8) is 0 Å². The molecular weight excluding hydrogens is 366 g/mol. The zero-order valence-electron chi connectivity index (χ0n) is 13.2. The summed E-state index contributed by atoms with van der Waals surface area (Å²) in [6.07, 6.45) is 0. The van der Waals surface area contributed by atoms with Gasteiger partial charge < -0.3 is 10.2 Å². The first-order chi connectivity index (χ1) is 11.5. The van der Waals surface area contributed by atoms with Gasteiger partial charge in [-0.25, -0.2) is 13.1 Å². The summed E-state index contributed by atoms with van der Waals surface area (Å²) in [6.45, 7) is 4.13. The minimum atomic E-state index is -3.72. The fourth-order valence-corrected chi connectivity index (χ4v) is 5.71. The van der Waals surface area contributed by atoms with Gasteiger partial charge >= 0.3 is 0 Å². The number of thiophene rings is 2. The average Bonchev–Trinajstić information content (AvgIpc) is 3.24. The van der Waals surface area contributed by atoms with Gasteiger partial charge in [0.15, 0.2) is 0 Å². The predicted octanol–water partition coefficient (Wildman–Crippen LogP) is 1.72. The molecule has 1 unspecified atom stereocenters. The van der Waals surface area contributed by atoms with Gasteiger partial charge in [0.2, 0.25) is 10.0 Å². The summed E-state index contributed by atoms with van der Waals surface area (Å²) in [4.78, 5) is 15.7. The highest BCUT2D eigenvalue weighted by Crippen LogP contribution is 2.24. The molecule has 1 fully saturated rings. The molecule has 0 radical (unpaired) electrons. The van der Waals surface area contributed by atoms with Crippen molar-refractivity contribution in [1.29, 1.82) is 0 Å². The summed E-state index contributed by atoms with van der Waals surface area (Å²) < 4.78 is 27.7. The van der Waals surface area contributed by atoms with Crippen LogP contribution < -0.4 is 10.0 Å². The molecule has 9 heteroatoms. The highest BCUT2D eigenvalue weighted by molar-refractivity contribution is 7.89. The first-order valence-electron chi connectivity index (χ1n) is 7.59. The zero-order valence-corrected chi connectivity index (χ0v) is 15.6. The Bertz CT molecular complexity index is 799.